The summed E-state index contributed by atoms with van der Waals surface area (Å²) in [5.74, 6) is -0.377. The standard InChI is InChI=1S/C20H17ClN4O4S2/c1-11(2)10-31(27,28)20-24-30-19-23-18(26)15(17(22)25(19)20)9-14-6-7-16(29-14)12-4-3-5-13(21)8-12/h3-9,11,22H,10H2,1-2H3/b15-9-,22-17?. The number of benzene rings is 1. The fraction of sp³-hybridized carbons (Fsp3) is 0.200. The molecule has 2 aromatic rings. The van der Waals surface area contributed by atoms with Crippen LogP contribution >= 0.6 is 23.5 Å². The molecule has 0 bridgehead atoms. The molecule has 0 saturated heterocycles. The van der Waals surface area contributed by atoms with E-state index in [1.54, 1.807) is 44.2 Å². The highest BCUT2D eigenvalue weighted by atomic mass is 35.5. The predicted molar refractivity (Wildman–Crippen MR) is 123 cm³/mol. The van der Waals surface area contributed by atoms with Gasteiger partial charge in [0.1, 0.15) is 17.4 Å². The van der Waals surface area contributed by atoms with E-state index in [1.807, 2.05) is 6.07 Å². The van der Waals surface area contributed by atoms with Gasteiger partial charge in [0.25, 0.3) is 5.91 Å². The molecule has 31 heavy (non-hydrogen) atoms. The van der Waals surface area contributed by atoms with Gasteiger partial charge in [-0.2, -0.15) is 9.39 Å². The number of carbonyl (C=O) groups is 1. The van der Waals surface area contributed by atoms with Gasteiger partial charge in [0.2, 0.25) is 20.2 Å². The zero-order valence-electron chi connectivity index (χ0n) is 16.5. The monoisotopic (exact) mass is 476 g/mol. The highest BCUT2D eigenvalue weighted by molar-refractivity contribution is 8.16. The Morgan fingerprint density at radius 2 is 2.06 bits per heavy atom. The molecule has 0 atom stereocenters. The third kappa shape index (κ3) is 4.23. The molecular weight excluding hydrogens is 460 g/mol. The van der Waals surface area contributed by atoms with Crippen LogP contribution in [-0.4, -0.2) is 41.1 Å². The van der Waals surface area contributed by atoms with Crippen LogP contribution in [-0.2, 0) is 14.6 Å². The number of carbonyl (C=O) groups excluding carboxylic acids is 1. The largest absolute Gasteiger partial charge is 0.457 e. The van der Waals surface area contributed by atoms with Crippen molar-refractivity contribution in [3.63, 3.8) is 0 Å². The van der Waals surface area contributed by atoms with Crippen LogP contribution in [0.25, 0.3) is 17.4 Å². The van der Waals surface area contributed by atoms with Crippen molar-refractivity contribution in [2.24, 2.45) is 15.3 Å². The molecule has 2 aliphatic rings. The van der Waals surface area contributed by atoms with Crippen molar-refractivity contribution in [1.82, 2.24) is 4.90 Å². The SMILES string of the molecule is CC(C)CS(=O)(=O)C1=NSC2=NC(=O)/C(=C\c3ccc(-c4cccc(Cl)c4)o3)C(=N)N21. The molecule has 4 rings (SSSR count). The third-order valence-electron chi connectivity index (χ3n) is 4.35. The molecule has 0 radical (unpaired) electrons. The lowest BCUT2D eigenvalue weighted by atomic mass is 10.1. The van der Waals surface area contributed by atoms with E-state index in [1.165, 1.54) is 6.08 Å². The van der Waals surface area contributed by atoms with Crippen molar-refractivity contribution >= 4 is 61.5 Å². The summed E-state index contributed by atoms with van der Waals surface area (Å²) in [7, 11) is -3.75. The molecular formula is C20H17ClN4O4S2. The van der Waals surface area contributed by atoms with Crippen LogP contribution in [0.3, 0.4) is 0 Å². The van der Waals surface area contributed by atoms with E-state index in [9.17, 15) is 13.2 Å². The molecule has 0 aliphatic carbocycles. The molecule has 3 heterocycles. The second-order valence-corrected chi connectivity index (χ2v) is 10.4. The number of hydrogen-bond donors (Lipinski definition) is 1. The van der Waals surface area contributed by atoms with Gasteiger partial charge in [0, 0.05) is 10.6 Å². The lowest BCUT2D eigenvalue weighted by Crippen LogP contribution is -2.46. The van der Waals surface area contributed by atoms with E-state index in [0.29, 0.717) is 16.5 Å². The number of halogens is 1. The normalized spacial score (nSPS) is 17.9. The van der Waals surface area contributed by atoms with E-state index in [2.05, 4.69) is 9.39 Å². The number of nitrogens with one attached hydrogen (secondary N) is 1. The molecule has 11 heteroatoms. The maximum atomic E-state index is 12.7. The van der Waals surface area contributed by atoms with Gasteiger partial charge in [-0.15, -0.1) is 0 Å². The van der Waals surface area contributed by atoms with Crippen molar-refractivity contribution in [1.29, 1.82) is 5.41 Å². The average Bonchev–Trinajstić information content (AvgIpc) is 3.31. The van der Waals surface area contributed by atoms with E-state index < -0.39 is 15.7 Å². The van der Waals surface area contributed by atoms with Crippen LogP contribution < -0.4 is 0 Å². The molecule has 0 saturated carbocycles. The first-order valence-electron chi connectivity index (χ1n) is 9.23. The first-order valence-corrected chi connectivity index (χ1v) is 12.0. The highest BCUT2D eigenvalue weighted by Gasteiger charge is 2.42. The Morgan fingerprint density at radius 1 is 1.29 bits per heavy atom. The Morgan fingerprint density at radius 3 is 2.77 bits per heavy atom. The first kappa shape index (κ1) is 21.5. The van der Waals surface area contributed by atoms with Gasteiger partial charge in [-0.25, -0.2) is 13.3 Å². The summed E-state index contributed by atoms with van der Waals surface area (Å²) in [6, 6.07) is 10.5. The summed E-state index contributed by atoms with van der Waals surface area (Å²) < 4.78 is 35.2. The Bertz CT molecular complexity index is 1290. The van der Waals surface area contributed by atoms with Crippen LogP contribution in [0, 0.1) is 11.3 Å². The second kappa shape index (κ2) is 8.10. The summed E-state index contributed by atoms with van der Waals surface area (Å²) >= 11 is 6.79. The number of aliphatic imine (C=N–C) groups is 1. The molecule has 1 N–H and O–H groups in total. The third-order valence-corrected chi connectivity index (χ3v) is 7.34. The van der Waals surface area contributed by atoms with Gasteiger partial charge in [0.05, 0.1) is 23.3 Å². The molecule has 2 aliphatic heterocycles. The maximum Gasteiger partial charge on any atom is 0.283 e. The number of amides is 1. The molecule has 0 spiro atoms. The fourth-order valence-corrected chi connectivity index (χ4v) is 6.00. The Labute approximate surface area is 188 Å². The molecule has 8 nitrogen and oxygen atoms in total. The number of hydrogen-bond acceptors (Lipinski definition) is 7. The van der Waals surface area contributed by atoms with Crippen LogP contribution in [0.1, 0.15) is 19.6 Å². The topological polar surface area (TPSA) is 116 Å². The number of nitrogens with zero attached hydrogens (tertiary/aromatic N) is 3. The number of rotatable bonds is 4. The number of furan rings is 1. The van der Waals surface area contributed by atoms with E-state index in [0.717, 1.165) is 22.4 Å². The lowest BCUT2D eigenvalue weighted by Gasteiger charge is -2.24. The maximum absolute atomic E-state index is 12.7. The lowest BCUT2D eigenvalue weighted by molar-refractivity contribution is -0.114. The summed E-state index contributed by atoms with van der Waals surface area (Å²) in [6.45, 7) is 3.56. The van der Waals surface area contributed by atoms with Crippen LogP contribution in [0.5, 0.6) is 0 Å². The first-order chi connectivity index (χ1) is 14.7. The Kier molecular flexibility index (Phi) is 5.63. The van der Waals surface area contributed by atoms with Gasteiger partial charge in [-0.3, -0.25) is 10.2 Å². The zero-order chi connectivity index (χ0) is 22.3. The van der Waals surface area contributed by atoms with Crippen LogP contribution in [0.15, 0.2) is 55.8 Å². The minimum atomic E-state index is -3.75. The predicted octanol–water partition coefficient (Wildman–Crippen LogP) is 4.25. The zero-order valence-corrected chi connectivity index (χ0v) is 18.9. The average molecular weight is 477 g/mol. The smallest absolute Gasteiger partial charge is 0.283 e. The second-order valence-electron chi connectivity index (χ2n) is 7.29. The Hall–Kier alpha value is -2.69. The van der Waals surface area contributed by atoms with Gasteiger partial charge >= 0.3 is 0 Å². The van der Waals surface area contributed by atoms with Crippen LogP contribution in [0.4, 0.5) is 0 Å². The quantitative estimate of drug-likeness (QED) is 0.521. The summed E-state index contributed by atoms with van der Waals surface area (Å²) in [5.41, 5.74) is 0.665. The molecule has 160 valence electrons. The molecule has 0 fully saturated rings. The van der Waals surface area contributed by atoms with Crippen LogP contribution in [0.2, 0.25) is 5.02 Å². The minimum Gasteiger partial charge on any atom is -0.457 e. The summed E-state index contributed by atoms with van der Waals surface area (Å²) in [5, 5.41) is 8.80. The van der Waals surface area contributed by atoms with Crippen molar-refractivity contribution in [2.75, 3.05) is 5.75 Å². The highest BCUT2D eigenvalue weighted by Crippen LogP contribution is 2.31. The van der Waals surface area contributed by atoms with E-state index in [4.69, 9.17) is 21.4 Å². The molecule has 0 unspecified atom stereocenters. The van der Waals surface area contributed by atoms with Gasteiger partial charge in [-0.05, 0) is 36.3 Å². The number of amidine groups is 3. The van der Waals surface area contributed by atoms with E-state index in [-0.39, 0.29) is 33.4 Å². The van der Waals surface area contributed by atoms with Gasteiger partial charge in [0.15, 0.2) is 0 Å². The van der Waals surface area contributed by atoms with Gasteiger partial charge in [-0.1, -0.05) is 37.6 Å². The number of sulfone groups is 1. The molecule has 1 aromatic carbocycles. The number of fused-ring (bicyclic) bond motifs is 1. The Balaban J connectivity index is 1.67. The van der Waals surface area contributed by atoms with Gasteiger partial charge < -0.3 is 4.42 Å². The van der Waals surface area contributed by atoms with Crippen molar-refractivity contribution in [2.45, 2.75) is 13.8 Å². The fourth-order valence-electron chi connectivity index (χ4n) is 3.08. The van der Waals surface area contributed by atoms with Crippen molar-refractivity contribution < 1.29 is 17.6 Å². The summed E-state index contributed by atoms with van der Waals surface area (Å²) in [4.78, 5) is 17.5. The molecule has 1 amide bonds. The molecule has 1 aromatic heterocycles. The van der Waals surface area contributed by atoms with Crippen molar-refractivity contribution in [3.8, 4) is 11.3 Å². The minimum absolute atomic E-state index is 0.0496. The summed E-state index contributed by atoms with van der Waals surface area (Å²) in [6.07, 6.45) is 1.37. The van der Waals surface area contributed by atoms with E-state index >= 15 is 0 Å². The van der Waals surface area contributed by atoms with Crippen molar-refractivity contribution in [3.05, 3.63) is 52.8 Å².